The first-order valence-corrected chi connectivity index (χ1v) is 14.0. The molecule has 2 aromatic carbocycles. The monoisotopic (exact) mass is 611 g/mol. The van der Waals surface area contributed by atoms with Crippen molar-refractivity contribution in [2.45, 2.75) is 104 Å². The van der Waals surface area contributed by atoms with Crippen molar-refractivity contribution in [3.8, 4) is 11.5 Å². The maximum atomic E-state index is 10.3. The molecule has 41 heavy (non-hydrogen) atoms. The molecule has 0 heterocycles. The molecule has 8 nitrogen and oxygen atoms in total. The van der Waals surface area contributed by atoms with Crippen molar-refractivity contribution in [1.29, 1.82) is 0 Å². The molecule has 4 atom stereocenters. The minimum Gasteiger partial charge on any atom is -0.550 e. The topological polar surface area (TPSA) is 145 Å². The number of carboxylic acid groups (broad SMARTS) is 2. The molecule has 3 rings (SSSR count). The van der Waals surface area contributed by atoms with E-state index in [0.29, 0.717) is 11.8 Å². The Kier molecular flexibility index (Phi) is 18.3. The Morgan fingerprint density at radius 1 is 0.805 bits per heavy atom. The van der Waals surface area contributed by atoms with Crippen LogP contribution in [0, 0.1) is 0 Å². The van der Waals surface area contributed by atoms with Crippen LogP contribution in [-0.2, 0) is 26.4 Å². The third-order valence-corrected chi connectivity index (χ3v) is 6.97. The number of aliphatic carboxylic acids is 2. The van der Waals surface area contributed by atoms with Gasteiger partial charge in [-0.2, -0.15) is 0 Å². The smallest absolute Gasteiger partial charge is 0.550 e. The second-order valence-corrected chi connectivity index (χ2v) is 10.2. The number of aliphatic imine (C=N–C) groups is 2. The summed E-state index contributed by atoms with van der Waals surface area (Å²) in [7, 11) is 0. The summed E-state index contributed by atoms with van der Waals surface area (Å²) in [6.45, 7) is 10.7. The molecule has 0 bridgehead atoms. The average molecular weight is 612 g/mol. The summed E-state index contributed by atoms with van der Waals surface area (Å²) in [5.41, 5.74) is 3.99. The van der Waals surface area contributed by atoms with Gasteiger partial charge >= 0.3 is 16.8 Å². The number of carbonyl (C=O) groups is 2. The second kappa shape index (κ2) is 19.8. The molecule has 4 unspecified atom stereocenters. The van der Waals surface area contributed by atoms with Crippen LogP contribution in [0.5, 0.6) is 11.5 Å². The van der Waals surface area contributed by atoms with E-state index in [9.17, 15) is 10.2 Å². The van der Waals surface area contributed by atoms with E-state index in [1.54, 1.807) is 12.1 Å². The van der Waals surface area contributed by atoms with Crippen LogP contribution in [0.1, 0.15) is 114 Å². The summed E-state index contributed by atoms with van der Waals surface area (Å²) in [6.07, 6.45) is 10.0. The molecular formula is C32H44CoN2O6. The van der Waals surface area contributed by atoms with E-state index < -0.39 is 11.9 Å². The van der Waals surface area contributed by atoms with Gasteiger partial charge in [-0.15, -0.1) is 0 Å². The van der Waals surface area contributed by atoms with E-state index in [2.05, 4.69) is 27.7 Å². The number of hydrogen-bond donors (Lipinski definition) is 2. The number of phenols is 2. The van der Waals surface area contributed by atoms with Gasteiger partial charge < -0.3 is 30.0 Å². The molecule has 1 aliphatic rings. The van der Waals surface area contributed by atoms with Crippen LogP contribution in [0.15, 0.2) is 46.4 Å². The molecule has 9 heteroatoms. The van der Waals surface area contributed by atoms with Gasteiger partial charge in [0, 0.05) is 35.5 Å². The van der Waals surface area contributed by atoms with Gasteiger partial charge in [-0.1, -0.05) is 52.7 Å². The van der Waals surface area contributed by atoms with E-state index >= 15 is 0 Å². The zero-order chi connectivity index (χ0) is 30.2. The molecule has 1 fully saturated rings. The number of nitrogens with zero attached hydrogens (tertiary/aromatic N) is 2. The third-order valence-electron chi connectivity index (χ3n) is 6.97. The van der Waals surface area contributed by atoms with Crippen LogP contribution in [0.2, 0.25) is 0 Å². The molecular weight excluding hydrogens is 567 g/mol. The number of benzene rings is 2. The second-order valence-electron chi connectivity index (χ2n) is 10.2. The molecule has 2 N–H and O–H groups in total. The molecule has 2 aromatic rings. The van der Waals surface area contributed by atoms with Gasteiger partial charge in [0.1, 0.15) is 11.5 Å². The first kappa shape index (κ1) is 37.8. The molecule has 0 aromatic heterocycles. The largest absolute Gasteiger partial charge is 2.00 e. The van der Waals surface area contributed by atoms with E-state index in [4.69, 9.17) is 29.8 Å². The maximum Gasteiger partial charge on any atom is 2.00 e. The minimum absolute atomic E-state index is 0. The normalized spacial score (nSPS) is 17.8. The SMILES string of the molecule is CC(=O)[O-].CC(=O)[O-].CCC(C)c1ccc(O)c(C=NC2CCCCC2N=Cc2cc(C(C)CC)ccc2O)c1.[Co+2]. The van der Waals surface area contributed by atoms with E-state index in [-0.39, 0.29) is 40.4 Å². The first-order chi connectivity index (χ1) is 18.9. The number of rotatable bonds is 8. The molecule has 227 valence electrons. The van der Waals surface area contributed by atoms with Crippen LogP contribution in [-0.4, -0.2) is 46.7 Å². The fourth-order valence-corrected chi connectivity index (χ4v) is 4.23. The molecule has 0 spiro atoms. The number of phenolic OH excluding ortho intramolecular Hbond substituents is 2. The first-order valence-electron chi connectivity index (χ1n) is 14.0. The van der Waals surface area contributed by atoms with E-state index in [1.807, 2.05) is 36.7 Å². The Morgan fingerprint density at radius 2 is 1.12 bits per heavy atom. The standard InChI is InChI=1S/C28H38N2O2.2C2H4O2.Co/c1-5-19(3)21-11-13-27(31)23(15-21)17-29-25-9-7-8-10-26(25)30-18-24-16-22(20(4)6-2)12-14-28(24)32;2*1-2(3)4;/h11-20,25-26,31-32H,5-10H2,1-4H3;2*1H3,(H,3,4);/q;;;+2/p-2. The van der Waals surface area contributed by atoms with Crippen molar-refractivity contribution in [2.75, 3.05) is 0 Å². The Morgan fingerprint density at radius 3 is 1.41 bits per heavy atom. The molecule has 1 aliphatic carbocycles. The Balaban J connectivity index is 0.00000158. The molecule has 0 saturated heterocycles. The fraction of sp³-hybridized carbons (Fsp3) is 0.500. The zero-order valence-electron chi connectivity index (χ0n) is 24.9. The Hall–Kier alpha value is -3.17. The van der Waals surface area contributed by atoms with Crippen molar-refractivity contribution >= 4 is 24.4 Å². The number of carboxylic acids is 2. The van der Waals surface area contributed by atoms with Gasteiger partial charge in [0.15, 0.2) is 0 Å². The van der Waals surface area contributed by atoms with Crippen LogP contribution in [0.3, 0.4) is 0 Å². The van der Waals surface area contributed by atoms with Crippen LogP contribution in [0.25, 0.3) is 0 Å². The molecule has 0 amide bonds. The summed E-state index contributed by atoms with van der Waals surface area (Å²) in [4.78, 5) is 27.5. The van der Waals surface area contributed by atoms with Gasteiger partial charge in [-0.05, 0) is 86.8 Å². The number of carbonyl (C=O) groups excluding carboxylic acids is 2. The maximum absolute atomic E-state index is 10.3. The summed E-state index contributed by atoms with van der Waals surface area (Å²) in [6, 6.07) is 11.8. The zero-order valence-corrected chi connectivity index (χ0v) is 26.0. The van der Waals surface area contributed by atoms with Gasteiger partial charge in [-0.25, -0.2) is 0 Å². The average Bonchev–Trinajstić information content (AvgIpc) is 2.91. The summed E-state index contributed by atoms with van der Waals surface area (Å²) in [5, 5.41) is 38.4. The van der Waals surface area contributed by atoms with Crippen molar-refractivity contribution in [3.63, 3.8) is 0 Å². The predicted octanol–water partition coefficient (Wildman–Crippen LogP) is 4.48. The quantitative estimate of drug-likeness (QED) is 0.421. The Labute approximate surface area is 254 Å². The summed E-state index contributed by atoms with van der Waals surface area (Å²) in [5.74, 6) is -0.728. The molecule has 1 saturated carbocycles. The van der Waals surface area contributed by atoms with Gasteiger partial charge in [0.25, 0.3) is 0 Å². The van der Waals surface area contributed by atoms with Crippen LogP contribution < -0.4 is 10.2 Å². The van der Waals surface area contributed by atoms with Gasteiger partial charge in [0.2, 0.25) is 0 Å². The molecule has 1 radical (unpaired) electrons. The van der Waals surface area contributed by atoms with Crippen LogP contribution >= 0.6 is 0 Å². The molecule has 0 aliphatic heterocycles. The van der Waals surface area contributed by atoms with E-state index in [1.165, 1.54) is 11.1 Å². The van der Waals surface area contributed by atoms with Gasteiger partial charge in [0.05, 0.1) is 12.1 Å². The van der Waals surface area contributed by atoms with Crippen molar-refractivity contribution in [3.05, 3.63) is 58.7 Å². The van der Waals surface area contributed by atoms with E-state index in [0.717, 1.165) is 63.5 Å². The van der Waals surface area contributed by atoms with Crippen LogP contribution in [0.4, 0.5) is 0 Å². The van der Waals surface area contributed by atoms with Crippen molar-refractivity contribution in [2.24, 2.45) is 9.98 Å². The Bertz CT molecular complexity index is 1050. The number of aromatic hydroxyl groups is 2. The summed E-state index contributed by atoms with van der Waals surface area (Å²) < 4.78 is 0. The van der Waals surface area contributed by atoms with Gasteiger partial charge in [-0.3, -0.25) is 9.98 Å². The minimum atomic E-state index is -1.08. The summed E-state index contributed by atoms with van der Waals surface area (Å²) >= 11 is 0. The predicted molar refractivity (Wildman–Crippen MR) is 156 cm³/mol. The third kappa shape index (κ3) is 14.3. The number of hydrogen-bond acceptors (Lipinski definition) is 8. The van der Waals surface area contributed by atoms with Crippen molar-refractivity contribution < 1.29 is 46.8 Å². The fourth-order valence-electron chi connectivity index (χ4n) is 4.23. The van der Waals surface area contributed by atoms with Crippen molar-refractivity contribution in [1.82, 2.24) is 0 Å².